The van der Waals surface area contributed by atoms with Crippen LogP contribution in [0, 0.1) is 0 Å². The highest BCUT2D eigenvalue weighted by molar-refractivity contribution is 7.14. The van der Waals surface area contributed by atoms with E-state index < -0.39 is 0 Å². The minimum Gasteiger partial charge on any atom is -0.490 e. The highest BCUT2D eigenvalue weighted by atomic mass is 32.1. The number of nitrogens with zero attached hydrogens (tertiary/aromatic N) is 2. The quantitative estimate of drug-likeness (QED) is 0.675. The lowest BCUT2D eigenvalue weighted by molar-refractivity contribution is -0.116. The number of hydrogen-bond donors (Lipinski definition) is 1. The van der Waals surface area contributed by atoms with E-state index in [1.54, 1.807) is 6.07 Å². The third-order valence-corrected chi connectivity index (χ3v) is 4.90. The van der Waals surface area contributed by atoms with Gasteiger partial charge in [0.15, 0.2) is 16.6 Å². The molecule has 1 amide bonds. The molecule has 0 unspecified atom stereocenters. The van der Waals surface area contributed by atoms with E-state index in [-0.39, 0.29) is 12.3 Å². The number of carbonyl (C=O) groups excluding carboxylic acids is 1. The lowest BCUT2D eigenvalue weighted by Crippen LogP contribution is -2.11. The molecule has 4 rings (SSSR count). The molecule has 0 aliphatic carbocycles. The zero-order chi connectivity index (χ0) is 19.3. The molecular formula is C19H19N3O5S. The average Bonchev–Trinajstić information content (AvgIpc) is 3.30. The van der Waals surface area contributed by atoms with Crippen molar-refractivity contribution in [2.45, 2.75) is 19.3 Å². The van der Waals surface area contributed by atoms with Crippen LogP contribution in [0.15, 0.2) is 34.2 Å². The molecule has 0 atom stereocenters. The number of nitrogens with one attached hydrogen (secondary N) is 1. The molecule has 9 heteroatoms. The SMILES string of the molecule is COc1cc(CCC(=O)Nc2nc(-c3ccc4c(c3)OCCCO4)cs2)on1. The normalized spacial score (nSPS) is 13.0. The molecule has 8 nitrogen and oxygen atoms in total. The highest BCUT2D eigenvalue weighted by Gasteiger charge is 2.14. The van der Waals surface area contributed by atoms with Gasteiger partial charge in [-0.15, -0.1) is 11.3 Å². The molecule has 3 heterocycles. The fourth-order valence-electron chi connectivity index (χ4n) is 2.71. The van der Waals surface area contributed by atoms with Crippen LogP contribution in [0.4, 0.5) is 5.13 Å². The van der Waals surface area contributed by atoms with Gasteiger partial charge in [0.05, 0.1) is 26.0 Å². The summed E-state index contributed by atoms with van der Waals surface area (Å²) in [5.74, 6) is 2.31. The molecular weight excluding hydrogens is 382 g/mol. The number of anilines is 1. The number of carbonyl (C=O) groups is 1. The van der Waals surface area contributed by atoms with E-state index in [1.165, 1.54) is 18.4 Å². The van der Waals surface area contributed by atoms with E-state index in [4.69, 9.17) is 18.7 Å². The van der Waals surface area contributed by atoms with E-state index in [1.807, 2.05) is 23.6 Å². The van der Waals surface area contributed by atoms with Gasteiger partial charge in [0.2, 0.25) is 5.91 Å². The molecule has 1 N–H and O–H groups in total. The van der Waals surface area contributed by atoms with Gasteiger partial charge in [-0.05, 0) is 23.4 Å². The van der Waals surface area contributed by atoms with Gasteiger partial charge in [-0.1, -0.05) is 0 Å². The number of rotatable bonds is 6. The number of amides is 1. The van der Waals surface area contributed by atoms with Crippen molar-refractivity contribution in [2.24, 2.45) is 0 Å². The number of aromatic nitrogens is 2. The van der Waals surface area contributed by atoms with Gasteiger partial charge in [0, 0.05) is 36.3 Å². The molecule has 1 aliphatic rings. The van der Waals surface area contributed by atoms with E-state index in [0.717, 1.165) is 29.2 Å². The Kier molecular flexibility index (Phi) is 5.43. The van der Waals surface area contributed by atoms with Crippen molar-refractivity contribution in [3.63, 3.8) is 0 Å². The number of thiazole rings is 1. The third kappa shape index (κ3) is 4.25. The van der Waals surface area contributed by atoms with Crippen molar-refractivity contribution in [1.29, 1.82) is 0 Å². The average molecular weight is 401 g/mol. The van der Waals surface area contributed by atoms with E-state index >= 15 is 0 Å². The summed E-state index contributed by atoms with van der Waals surface area (Å²) in [7, 11) is 1.51. The first-order chi connectivity index (χ1) is 13.7. The fraction of sp³-hybridized carbons (Fsp3) is 0.316. The van der Waals surface area contributed by atoms with Crippen LogP contribution in [0.5, 0.6) is 17.4 Å². The molecule has 3 aromatic rings. The van der Waals surface area contributed by atoms with Gasteiger partial charge in [-0.25, -0.2) is 4.98 Å². The van der Waals surface area contributed by atoms with E-state index in [9.17, 15) is 4.79 Å². The van der Waals surface area contributed by atoms with Gasteiger partial charge < -0.3 is 24.1 Å². The molecule has 0 saturated carbocycles. The van der Waals surface area contributed by atoms with Gasteiger partial charge in [0.25, 0.3) is 5.88 Å². The van der Waals surface area contributed by atoms with E-state index in [0.29, 0.717) is 36.4 Å². The van der Waals surface area contributed by atoms with Crippen molar-refractivity contribution in [3.05, 3.63) is 35.4 Å². The second-order valence-electron chi connectivity index (χ2n) is 6.13. The number of ether oxygens (including phenoxy) is 3. The van der Waals surface area contributed by atoms with Crippen molar-refractivity contribution in [3.8, 4) is 28.6 Å². The number of hydrogen-bond acceptors (Lipinski definition) is 8. The van der Waals surface area contributed by atoms with Crippen molar-refractivity contribution < 1.29 is 23.5 Å². The first-order valence-electron chi connectivity index (χ1n) is 8.86. The Morgan fingerprint density at radius 2 is 2.11 bits per heavy atom. The summed E-state index contributed by atoms with van der Waals surface area (Å²) in [4.78, 5) is 16.7. The van der Waals surface area contributed by atoms with E-state index in [2.05, 4.69) is 15.5 Å². The van der Waals surface area contributed by atoms with Crippen LogP contribution in [-0.2, 0) is 11.2 Å². The summed E-state index contributed by atoms with van der Waals surface area (Å²) >= 11 is 1.37. The Hall–Kier alpha value is -3.07. The largest absolute Gasteiger partial charge is 0.490 e. The molecule has 0 fully saturated rings. The van der Waals surface area contributed by atoms with Gasteiger partial charge in [0.1, 0.15) is 5.76 Å². The molecule has 2 aromatic heterocycles. The smallest absolute Gasteiger partial charge is 0.254 e. The van der Waals surface area contributed by atoms with Crippen LogP contribution < -0.4 is 19.5 Å². The van der Waals surface area contributed by atoms with Crippen LogP contribution in [0.3, 0.4) is 0 Å². The molecule has 0 spiro atoms. The Balaban J connectivity index is 1.37. The van der Waals surface area contributed by atoms with Crippen LogP contribution in [0.1, 0.15) is 18.6 Å². The number of methoxy groups -OCH3 is 1. The monoisotopic (exact) mass is 401 g/mol. The lowest BCUT2D eigenvalue weighted by Gasteiger charge is -2.08. The van der Waals surface area contributed by atoms with Crippen LogP contribution in [-0.4, -0.2) is 36.4 Å². The molecule has 28 heavy (non-hydrogen) atoms. The molecule has 0 bridgehead atoms. The van der Waals surface area contributed by atoms with Crippen LogP contribution in [0.2, 0.25) is 0 Å². The number of aryl methyl sites for hydroxylation is 1. The highest BCUT2D eigenvalue weighted by Crippen LogP contribution is 2.35. The van der Waals surface area contributed by atoms with Gasteiger partial charge in [-0.3, -0.25) is 4.79 Å². The number of benzene rings is 1. The van der Waals surface area contributed by atoms with Crippen molar-refractivity contribution in [1.82, 2.24) is 10.1 Å². The molecule has 0 saturated heterocycles. The summed E-state index contributed by atoms with van der Waals surface area (Å²) in [6, 6.07) is 7.40. The topological polar surface area (TPSA) is 95.7 Å². The van der Waals surface area contributed by atoms with Crippen LogP contribution in [0.25, 0.3) is 11.3 Å². The Morgan fingerprint density at radius 1 is 1.25 bits per heavy atom. The third-order valence-electron chi connectivity index (χ3n) is 4.14. The maximum atomic E-state index is 12.2. The summed E-state index contributed by atoms with van der Waals surface area (Å²) in [5, 5.41) is 8.97. The maximum Gasteiger partial charge on any atom is 0.254 e. The van der Waals surface area contributed by atoms with Gasteiger partial charge in [-0.2, -0.15) is 0 Å². The second-order valence-corrected chi connectivity index (χ2v) is 6.99. The molecule has 1 aromatic carbocycles. The first kappa shape index (κ1) is 18.3. The first-order valence-corrected chi connectivity index (χ1v) is 9.74. The summed E-state index contributed by atoms with van der Waals surface area (Å²) in [6.45, 7) is 1.28. The Bertz CT molecular complexity index is 968. The predicted molar refractivity (Wildman–Crippen MR) is 103 cm³/mol. The predicted octanol–water partition coefficient (Wildman–Crippen LogP) is 3.54. The summed E-state index contributed by atoms with van der Waals surface area (Å²) in [5.41, 5.74) is 1.69. The Morgan fingerprint density at radius 3 is 2.93 bits per heavy atom. The second kappa shape index (κ2) is 8.30. The van der Waals surface area contributed by atoms with Crippen LogP contribution >= 0.6 is 11.3 Å². The zero-order valence-electron chi connectivity index (χ0n) is 15.3. The summed E-state index contributed by atoms with van der Waals surface area (Å²) < 4.78 is 21.4. The molecule has 1 aliphatic heterocycles. The maximum absolute atomic E-state index is 12.2. The fourth-order valence-corrected chi connectivity index (χ4v) is 3.45. The lowest BCUT2D eigenvalue weighted by atomic mass is 10.1. The summed E-state index contributed by atoms with van der Waals surface area (Å²) in [6.07, 6.45) is 1.55. The van der Waals surface area contributed by atoms with Crippen molar-refractivity contribution >= 4 is 22.4 Å². The Labute approximate surface area is 165 Å². The van der Waals surface area contributed by atoms with Crippen molar-refractivity contribution in [2.75, 3.05) is 25.6 Å². The molecule has 146 valence electrons. The number of fused-ring (bicyclic) bond motifs is 1. The zero-order valence-corrected chi connectivity index (χ0v) is 16.1. The standard InChI is InChI=1S/C19H19N3O5S/c1-24-18-10-13(27-22-18)4-6-17(23)21-19-20-14(11-28-19)12-3-5-15-16(9-12)26-8-2-7-25-15/h3,5,9-11H,2,4,6-8H2,1H3,(H,20,21,23). The minimum atomic E-state index is -0.144. The minimum absolute atomic E-state index is 0.144. The molecule has 0 radical (unpaired) electrons. The van der Waals surface area contributed by atoms with Gasteiger partial charge >= 0.3 is 0 Å².